The van der Waals surface area contributed by atoms with E-state index in [1.54, 1.807) is 25.1 Å². The molecule has 3 aromatic rings. The van der Waals surface area contributed by atoms with Crippen molar-refractivity contribution in [3.63, 3.8) is 0 Å². The van der Waals surface area contributed by atoms with Gasteiger partial charge in [0.1, 0.15) is 23.7 Å². The average Bonchev–Trinajstić information content (AvgIpc) is 2.94. The van der Waals surface area contributed by atoms with Crippen molar-refractivity contribution in [3.8, 4) is 5.75 Å². The number of carbonyl (C=O) groups is 2. The second-order valence-corrected chi connectivity index (χ2v) is 10.7. The Bertz CT molecular complexity index is 1460. The van der Waals surface area contributed by atoms with Crippen molar-refractivity contribution in [1.29, 1.82) is 0 Å². The second-order valence-electron chi connectivity index (χ2n) is 10.3. The first-order valence-corrected chi connectivity index (χ1v) is 14.5. The number of carbonyl (C=O) groups excluding carboxylic acids is 2. The summed E-state index contributed by atoms with van der Waals surface area (Å²) in [6, 6.07) is 7.90. The summed E-state index contributed by atoms with van der Waals surface area (Å²) in [6.07, 6.45) is 7.90. The van der Waals surface area contributed by atoms with Crippen LogP contribution in [0, 0.1) is 5.82 Å². The molecule has 0 radical (unpaired) electrons. The largest absolute Gasteiger partial charge is 0.488 e. The number of halogens is 2. The number of nitrogens with zero attached hydrogens (tertiary/aromatic N) is 4. The molecule has 5 rings (SSSR count). The van der Waals surface area contributed by atoms with E-state index in [0.29, 0.717) is 53.5 Å². The van der Waals surface area contributed by atoms with Gasteiger partial charge < -0.3 is 20.1 Å². The van der Waals surface area contributed by atoms with Gasteiger partial charge >= 0.3 is 5.97 Å². The van der Waals surface area contributed by atoms with E-state index in [1.807, 2.05) is 6.08 Å². The maximum atomic E-state index is 13.7. The Morgan fingerprint density at radius 1 is 1.12 bits per heavy atom. The van der Waals surface area contributed by atoms with Gasteiger partial charge in [0, 0.05) is 55.9 Å². The zero-order chi connectivity index (χ0) is 29.5. The third kappa shape index (κ3) is 7.72. The van der Waals surface area contributed by atoms with Gasteiger partial charge in [-0.25, -0.2) is 14.4 Å². The maximum Gasteiger partial charge on any atom is 0.320 e. The van der Waals surface area contributed by atoms with Gasteiger partial charge in [0.15, 0.2) is 0 Å². The lowest BCUT2D eigenvalue weighted by Crippen LogP contribution is -2.48. The number of aromatic nitrogens is 2. The van der Waals surface area contributed by atoms with E-state index in [2.05, 4.69) is 30.4 Å². The summed E-state index contributed by atoms with van der Waals surface area (Å²) in [4.78, 5) is 37.7. The Kier molecular flexibility index (Phi) is 9.83. The smallest absolute Gasteiger partial charge is 0.320 e. The van der Waals surface area contributed by atoms with Crippen LogP contribution in [-0.2, 0) is 14.3 Å². The van der Waals surface area contributed by atoms with E-state index in [1.165, 1.54) is 24.5 Å². The highest BCUT2D eigenvalue weighted by Crippen LogP contribution is 2.36. The highest BCUT2D eigenvalue weighted by molar-refractivity contribution is 6.31. The topological polar surface area (TPSA) is 109 Å². The third-order valence-corrected chi connectivity index (χ3v) is 7.57. The first-order valence-electron chi connectivity index (χ1n) is 14.1. The quantitative estimate of drug-likeness (QED) is 0.239. The van der Waals surface area contributed by atoms with Gasteiger partial charge in [0.2, 0.25) is 5.91 Å². The fourth-order valence-corrected chi connectivity index (χ4v) is 4.94. The molecule has 1 saturated heterocycles. The summed E-state index contributed by atoms with van der Waals surface area (Å²) >= 11 is 5.96. The number of amides is 1. The fourth-order valence-electron chi connectivity index (χ4n) is 4.76. The van der Waals surface area contributed by atoms with Crippen molar-refractivity contribution < 1.29 is 23.5 Å². The van der Waals surface area contributed by atoms with Crippen LogP contribution in [0.3, 0.4) is 0 Å². The molecule has 1 aliphatic heterocycles. The minimum atomic E-state index is -0.512. The van der Waals surface area contributed by atoms with E-state index in [0.717, 1.165) is 45.4 Å². The lowest BCUT2D eigenvalue weighted by molar-refractivity contribution is -0.144. The molecule has 12 heteroatoms. The summed E-state index contributed by atoms with van der Waals surface area (Å²) in [7, 11) is 0. The summed E-state index contributed by atoms with van der Waals surface area (Å²) in [6.45, 7) is 6.23. The van der Waals surface area contributed by atoms with Gasteiger partial charge in [0.25, 0.3) is 0 Å². The predicted octanol–water partition coefficient (Wildman–Crippen LogP) is 4.77. The number of hydrogen-bond acceptors (Lipinski definition) is 9. The molecular weight excluding hydrogens is 563 g/mol. The molecule has 222 valence electrons. The number of fused-ring (bicyclic) bond motifs is 1. The molecule has 10 nitrogen and oxygen atoms in total. The highest BCUT2D eigenvalue weighted by atomic mass is 35.5. The summed E-state index contributed by atoms with van der Waals surface area (Å²) < 4.78 is 24.9. The molecular formula is C30H34ClFN6O4. The van der Waals surface area contributed by atoms with Gasteiger partial charge in [-0.3, -0.25) is 19.4 Å². The molecule has 2 fully saturated rings. The zero-order valence-corrected chi connectivity index (χ0v) is 24.2. The van der Waals surface area contributed by atoms with E-state index in [-0.39, 0.29) is 23.0 Å². The second kappa shape index (κ2) is 13.9. The Labute approximate surface area is 248 Å². The minimum Gasteiger partial charge on any atom is -0.488 e. The molecule has 1 aromatic heterocycles. The lowest BCUT2D eigenvalue weighted by Gasteiger charge is -2.33. The van der Waals surface area contributed by atoms with Crippen LogP contribution in [0.5, 0.6) is 5.75 Å². The molecule has 42 heavy (non-hydrogen) atoms. The first-order chi connectivity index (χ1) is 20.4. The van der Waals surface area contributed by atoms with Crippen LogP contribution in [0.25, 0.3) is 10.9 Å². The Hall–Kier alpha value is -3.80. The maximum absolute atomic E-state index is 13.7. The van der Waals surface area contributed by atoms with E-state index in [4.69, 9.17) is 21.1 Å². The average molecular weight is 597 g/mol. The highest BCUT2D eigenvalue weighted by Gasteiger charge is 2.22. The molecule has 2 heterocycles. The van der Waals surface area contributed by atoms with Crippen LogP contribution in [0.2, 0.25) is 5.02 Å². The van der Waals surface area contributed by atoms with E-state index < -0.39 is 5.82 Å². The van der Waals surface area contributed by atoms with Gasteiger partial charge in [-0.15, -0.1) is 0 Å². The normalized spacial score (nSPS) is 16.4. The van der Waals surface area contributed by atoms with Crippen LogP contribution in [0.15, 0.2) is 48.8 Å². The number of ether oxygens (including phenoxy) is 2. The van der Waals surface area contributed by atoms with Crippen LogP contribution in [0.4, 0.5) is 21.6 Å². The minimum absolute atomic E-state index is 0.00663. The SMILES string of the molecule is CCOC(=O)CN1CCN(CC=CC(=O)Nc2cc3c(Nc4ccc(F)c(Cl)c4)ncnc3cc2OC2CCC2)CC1. The van der Waals surface area contributed by atoms with Crippen molar-refractivity contribution in [1.82, 2.24) is 19.8 Å². The Morgan fingerprint density at radius 3 is 2.62 bits per heavy atom. The van der Waals surface area contributed by atoms with Gasteiger partial charge in [-0.05, 0) is 50.5 Å². The molecule has 1 saturated carbocycles. The van der Waals surface area contributed by atoms with Crippen molar-refractivity contribution >= 4 is 51.6 Å². The number of anilines is 3. The molecule has 0 spiro atoms. The van der Waals surface area contributed by atoms with Crippen LogP contribution in [-0.4, -0.2) is 83.6 Å². The van der Waals surface area contributed by atoms with Gasteiger partial charge in [0.05, 0.1) is 35.5 Å². The van der Waals surface area contributed by atoms with Crippen molar-refractivity contribution in [2.45, 2.75) is 32.3 Å². The number of hydrogen-bond donors (Lipinski definition) is 2. The monoisotopic (exact) mass is 596 g/mol. The first kappa shape index (κ1) is 29.7. The fraction of sp³-hybridized carbons (Fsp3) is 0.400. The van der Waals surface area contributed by atoms with Crippen molar-refractivity contribution in [2.75, 3.05) is 56.5 Å². The molecule has 1 amide bonds. The number of nitrogens with one attached hydrogen (secondary N) is 2. The van der Waals surface area contributed by atoms with E-state index >= 15 is 0 Å². The molecule has 2 aliphatic rings. The number of rotatable bonds is 11. The van der Waals surface area contributed by atoms with Crippen molar-refractivity contribution in [3.05, 3.63) is 59.7 Å². The lowest BCUT2D eigenvalue weighted by atomic mass is 9.96. The number of esters is 1. The molecule has 2 aromatic carbocycles. The Morgan fingerprint density at radius 2 is 1.90 bits per heavy atom. The Balaban J connectivity index is 1.26. The predicted molar refractivity (Wildman–Crippen MR) is 160 cm³/mol. The summed E-state index contributed by atoms with van der Waals surface area (Å²) in [5.74, 6) is 0.0191. The molecule has 1 aliphatic carbocycles. The summed E-state index contributed by atoms with van der Waals surface area (Å²) in [5, 5.41) is 6.77. The van der Waals surface area contributed by atoms with Crippen molar-refractivity contribution in [2.24, 2.45) is 0 Å². The van der Waals surface area contributed by atoms with Crippen LogP contribution < -0.4 is 15.4 Å². The molecule has 0 bridgehead atoms. The van der Waals surface area contributed by atoms with Gasteiger partial charge in [-0.2, -0.15) is 0 Å². The van der Waals surface area contributed by atoms with E-state index in [9.17, 15) is 14.0 Å². The molecule has 0 atom stereocenters. The number of benzene rings is 2. The number of piperazine rings is 1. The molecule has 2 N–H and O–H groups in total. The standard InChI is InChI=1S/C30H34ClFN6O4/c1-2-41-29(40)18-38-13-11-37(12-14-38)10-4-7-28(39)36-26-16-22-25(17-27(26)42-21-5-3-6-21)33-19-34-30(22)35-20-8-9-24(32)23(31)15-20/h4,7-9,15-17,19,21H,2-3,5-6,10-14,18H2,1H3,(H,36,39)(H,33,34,35). The summed E-state index contributed by atoms with van der Waals surface area (Å²) in [5.41, 5.74) is 1.70. The molecule has 0 unspecified atom stereocenters. The van der Waals surface area contributed by atoms with Crippen LogP contribution in [0.1, 0.15) is 26.2 Å². The zero-order valence-electron chi connectivity index (χ0n) is 23.4. The van der Waals surface area contributed by atoms with Gasteiger partial charge in [-0.1, -0.05) is 17.7 Å². The third-order valence-electron chi connectivity index (χ3n) is 7.28. The van der Waals surface area contributed by atoms with Crippen LogP contribution >= 0.6 is 11.6 Å².